The Balaban J connectivity index is 1.97. The Morgan fingerprint density at radius 2 is 2.35 bits per heavy atom. The van der Waals surface area contributed by atoms with Crippen molar-refractivity contribution < 1.29 is 4.79 Å². The SMILES string of the molecule is CCCc1n[nH]c(=S)n1CC(=O)NC[C@H](c1ccsc1)N(C)C. The number of hydrogen-bond acceptors (Lipinski definition) is 5. The van der Waals surface area contributed by atoms with Crippen molar-refractivity contribution in [3.05, 3.63) is 33.0 Å². The number of hydrogen-bond donors (Lipinski definition) is 2. The van der Waals surface area contributed by atoms with E-state index in [2.05, 4.69) is 44.2 Å². The summed E-state index contributed by atoms with van der Waals surface area (Å²) in [6.45, 7) is 2.84. The van der Waals surface area contributed by atoms with E-state index in [1.807, 2.05) is 14.1 Å². The molecule has 0 fully saturated rings. The molecule has 2 aromatic heterocycles. The molecule has 0 saturated carbocycles. The summed E-state index contributed by atoms with van der Waals surface area (Å²) >= 11 is 6.87. The molecule has 0 bridgehead atoms. The standard InChI is InChI=1S/C15H23N5OS2/c1-4-5-13-17-18-15(22)20(13)9-14(21)16-8-12(19(2)3)11-6-7-23-10-11/h6-7,10,12H,4-5,8-9H2,1-3H3,(H,16,21)(H,18,22)/t12-/m1/s1. The second kappa shape index (κ2) is 8.37. The average molecular weight is 354 g/mol. The Morgan fingerprint density at radius 1 is 1.57 bits per heavy atom. The number of aromatic amines is 1. The molecule has 1 amide bonds. The molecule has 0 aliphatic rings. The average Bonchev–Trinajstić information content (AvgIpc) is 3.13. The van der Waals surface area contributed by atoms with Gasteiger partial charge in [0.25, 0.3) is 0 Å². The Labute approximate surface area is 145 Å². The first kappa shape index (κ1) is 17.8. The molecular formula is C15H23N5OS2. The summed E-state index contributed by atoms with van der Waals surface area (Å²) in [5, 5.41) is 14.1. The van der Waals surface area contributed by atoms with Crippen LogP contribution >= 0.6 is 23.6 Å². The zero-order chi connectivity index (χ0) is 16.8. The van der Waals surface area contributed by atoms with Gasteiger partial charge in [-0.1, -0.05) is 6.92 Å². The first-order chi connectivity index (χ1) is 11.0. The van der Waals surface area contributed by atoms with E-state index in [0.717, 1.165) is 18.7 Å². The van der Waals surface area contributed by atoms with E-state index in [9.17, 15) is 4.79 Å². The molecule has 0 aliphatic heterocycles. The van der Waals surface area contributed by atoms with Crippen molar-refractivity contribution in [2.24, 2.45) is 0 Å². The van der Waals surface area contributed by atoms with Crippen LogP contribution in [0.4, 0.5) is 0 Å². The molecule has 1 atom stereocenters. The number of rotatable bonds is 8. The van der Waals surface area contributed by atoms with Crippen molar-refractivity contribution in [3.63, 3.8) is 0 Å². The summed E-state index contributed by atoms with van der Waals surface area (Å²) < 4.78 is 2.26. The summed E-state index contributed by atoms with van der Waals surface area (Å²) in [4.78, 5) is 14.4. The van der Waals surface area contributed by atoms with Crippen LogP contribution in [0.15, 0.2) is 16.8 Å². The van der Waals surface area contributed by atoms with Crippen LogP contribution in [-0.4, -0.2) is 46.2 Å². The highest BCUT2D eigenvalue weighted by Crippen LogP contribution is 2.19. The molecule has 0 aromatic carbocycles. The van der Waals surface area contributed by atoms with Gasteiger partial charge in [-0.25, -0.2) is 0 Å². The summed E-state index contributed by atoms with van der Waals surface area (Å²) in [5.41, 5.74) is 1.21. The number of carbonyl (C=O) groups is 1. The van der Waals surface area contributed by atoms with Gasteiger partial charge in [0.1, 0.15) is 12.4 Å². The molecule has 0 spiro atoms. The monoisotopic (exact) mass is 353 g/mol. The number of thiophene rings is 1. The summed E-state index contributed by atoms with van der Waals surface area (Å²) in [5.74, 6) is 0.775. The van der Waals surface area contributed by atoms with Crippen LogP contribution in [0.1, 0.15) is 30.8 Å². The van der Waals surface area contributed by atoms with Gasteiger partial charge in [0.15, 0.2) is 4.77 Å². The minimum Gasteiger partial charge on any atom is -0.353 e. The molecule has 0 aliphatic carbocycles. The molecule has 2 aromatic rings. The van der Waals surface area contributed by atoms with Gasteiger partial charge in [0.05, 0.1) is 6.04 Å². The van der Waals surface area contributed by atoms with Crippen LogP contribution in [0.3, 0.4) is 0 Å². The highest BCUT2D eigenvalue weighted by molar-refractivity contribution is 7.71. The van der Waals surface area contributed by atoms with Gasteiger partial charge in [-0.3, -0.25) is 14.5 Å². The number of H-pyrrole nitrogens is 1. The van der Waals surface area contributed by atoms with Gasteiger partial charge in [-0.2, -0.15) is 16.4 Å². The summed E-state index contributed by atoms with van der Waals surface area (Å²) in [7, 11) is 4.03. The largest absolute Gasteiger partial charge is 0.353 e. The van der Waals surface area contributed by atoms with Crippen LogP contribution in [-0.2, 0) is 17.8 Å². The van der Waals surface area contributed by atoms with E-state index >= 15 is 0 Å². The number of aryl methyl sites for hydroxylation is 1. The lowest BCUT2D eigenvalue weighted by Crippen LogP contribution is -2.36. The fraction of sp³-hybridized carbons (Fsp3) is 0.533. The topological polar surface area (TPSA) is 66.0 Å². The van der Waals surface area contributed by atoms with Crippen LogP contribution in [0.25, 0.3) is 0 Å². The van der Waals surface area contributed by atoms with Crippen LogP contribution in [0.2, 0.25) is 0 Å². The lowest BCUT2D eigenvalue weighted by Gasteiger charge is -2.24. The van der Waals surface area contributed by atoms with Crippen molar-refractivity contribution >= 4 is 29.5 Å². The van der Waals surface area contributed by atoms with Crippen LogP contribution < -0.4 is 5.32 Å². The molecule has 8 heteroatoms. The molecule has 126 valence electrons. The maximum absolute atomic E-state index is 12.3. The van der Waals surface area contributed by atoms with E-state index in [-0.39, 0.29) is 18.5 Å². The lowest BCUT2D eigenvalue weighted by atomic mass is 10.1. The summed E-state index contributed by atoms with van der Waals surface area (Å²) in [6, 6.07) is 2.25. The zero-order valence-corrected chi connectivity index (χ0v) is 15.3. The second-order valence-electron chi connectivity index (χ2n) is 5.62. The molecule has 2 heterocycles. The number of aromatic nitrogens is 3. The van der Waals surface area contributed by atoms with Gasteiger partial charge in [-0.15, -0.1) is 0 Å². The fourth-order valence-electron chi connectivity index (χ4n) is 2.40. The Bertz CT molecular complexity index is 674. The van der Waals surface area contributed by atoms with Crippen LogP contribution in [0.5, 0.6) is 0 Å². The number of likely N-dealkylation sites (N-methyl/N-ethyl adjacent to an activating group) is 1. The van der Waals surface area contributed by atoms with Crippen molar-refractivity contribution in [1.82, 2.24) is 25.0 Å². The predicted molar refractivity (Wildman–Crippen MR) is 95.2 cm³/mol. The molecule has 2 N–H and O–H groups in total. The van der Waals surface area contributed by atoms with Crippen molar-refractivity contribution in [1.29, 1.82) is 0 Å². The smallest absolute Gasteiger partial charge is 0.240 e. The van der Waals surface area contributed by atoms with E-state index in [4.69, 9.17) is 12.2 Å². The molecule has 0 radical (unpaired) electrons. The summed E-state index contributed by atoms with van der Waals surface area (Å²) in [6.07, 6.45) is 1.76. The van der Waals surface area contributed by atoms with Crippen molar-refractivity contribution in [2.45, 2.75) is 32.4 Å². The van der Waals surface area contributed by atoms with Gasteiger partial charge >= 0.3 is 0 Å². The van der Waals surface area contributed by atoms with E-state index in [1.54, 1.807) is 15.9 Å². The minimum atomic E-state index is -0.0538. The van der Waals surface area contributed by atoms with Gasteiger partial charge < -0.3 is 10.2 Å². The molecular weight excluding hydrogens is 330 g/mol. The first-order valence-corrected chi connectivity index (χ1v) is 8.97. The van der Waals surface area contributed by atoms with Crippen molar-refractivity contribution in [3.8, 4) is 0 Å². The third-order valence-corrected chi connectivity index (χ3v) is 4.67. The van der Waals surface area contributed by atoms with Crippen LogP contribution in [0, 0.1) is 4.77 Å². The van der Waals surface area contributed by atoms with Gasteiger partial charge in [-0.05, 0) is 55.1 Å². The normalized spacial score (nSPS) is 12.5. The highest BCUT2D eigenvalue weighted by atomic mass is 32.1. The Morgan fingerprint density at radius 3 is 2.96 bits per heavy atom. The number of amides is 1. The van der Waals surface area contributed by atoms with E-state index in [1.165, 1.54) is 5.56 Å². The minimum absolute atomic E-state index is 0.0538. The lowest BCUT2D eigenvalue weighted by molar-refractivity contribution is -0.121. The maximum atomic E-state index is 12.3. The molecule has 0 saturated heterocycles. The molecule has 2 rings (SSSR count). The third-order valence-electron chi connectivity index (χ3n) is 3.66. The molecule has 23 heavy (non-hydrogen) atoms. The Kier molecular flexibility index (Phi) is 6.49. The first-order valence-electron chi connectivity index (χ1n) is 7.62. The molecule has 6 nitrogen and oxygen atoms in total. The van der Waals surface area contributed by atoms with E-state index in [0.29, 0.717) is 11.3 Å². The fourth-order valence-corrected chi connectivity index (χ4v) is 3.32. The number of nitrogens with zero attached hydrogens (tertiary/aromatic N) is 3. The van der Waals surface area contributed by atoms with E-state index < -0.39 is 0 Å². The quantitative estimate of drug-likeness (QED) is 0.715. The third kappa shape index (κ3) is 4.73. The Hall–Kier alpha value is -1.51. The van der Waals surface area contributed by atoms with Gasteiger partial charge in [0.2, 0.25) is 5.91 Å². The zero-order valence-electron chi connectivity index (χ0n) is 13.7. The van der Waals surface area contributed by atoms with Crippen molar-refractivity contribution in [2.75, 3.05) is 20.6 Å². The van der Waals surface area contributed by atoms with Gasteiger partial charge in [0, 0.05) is 13.0 Å². The second-order valence-corrected chi connectivity index (χ2v) is 6.79. The predicted octanol–water partition coefficient (Wildman–Crippen LogP) is 2.37. The highest BCUT2D eigenvalue weighted by Gasteiger charge is 2.16. The number of carbonyl (C=O) groups excluding carboxylic acids is 1. The molecule has 0 unspecified atom stereocenters. The number of nitrogens with one attached hydrogen (secondary N) is 2. The maximum Gasteiger partial charge on any atom is 0.240 e.